The summed E-state index contributed by atoms with van der Waals surface area (Å²) < 4.78 is 26.1. The predicted octanol–water partition coefficient (Wildman–Crippen LogP) is 8.84. The van der Waals surface area contributed by atoms with Crippen molar-refractivity contribution in [1.82, 2.24) is 0 Å². The van der Waals surface area contributed by atoms with E-state index in [1.54, 1.807) is 7.11 Å². The molecule has 0 unspecified atom stereocenters. The highest BCUT2D eigenvalue weighted by Crippen LogP contribution is 2.40. The molecule has 0 amide bonds. The van der Waals surface area contributed by atoms with Crippen molar-refractivity contribution in [2.24, 2.45) is 11.8 Å². The topological polar surface area (TPSA) is 36.9 Å². The first-order valence-corrected chi connectivity index (χ1v) is 19.4. The summed E-state index contributed by atoms with van der Waals surface area (Å²) in [5, 5.41) is 0.107. The minimum Gasteiger partial charge on any atom is -0.497 e. The van der Waals surface area contributed by atoms with Gasteiger partial charge in [0.1, 0.15) is 5.75 Å². The summed E-state index contributed by atoms with van der Waals surface area (Å²) in [4.78, 5) is 0. The van der Waals surface area contributed by atoms with Gasteiger partial charge in [-0.05, 0) is 66.8 Å². The maximum atomic E-state index is 7.15. The number of ether oxygens (including phenoxy) is 2. The standard InChI is InChI=1S/C30H56O4Si2/c1-14-23(5)28(34-36(15-2,16-3)17-4)24(6)29(33-35(12,13)30(8,9)10)25(7)32-22-26-18-20-27(31-11)21-19-26/h14,18-21,23-25,28-29H,1,15-17,22H2,2-13H3/t23-,24+,25+,28-,29+/m1/s1. The number of rotatable bonds is 16. The molecule has 0 spiro atoms. The van der Waals surface area contributed by atoms with Gasteiger partial charge < -0.3 is 18.3 Å². The molecule has 1 rings (SSSR count). The molecule has 36 heavy (non-hydrogen) atoms. The highest BCUT2D eigenvalue weighted by Gasteiger charge is 2.45. The molecule has 0 heterocycles. The fourth-order valence-electron chi connectivity index (χ4n) is 4.50. The van der Waals surface area contributed by atoms with E-state index in [0.717, 1.165) is 29.4 Å². The van der Waals surface area contributed by atoms with Crippen LogP contribution in [0.3, 0.4) is 0 Å². The van der Waals surface area contributed by atoms with Crippen molar-refractivity contribution in [1.29, 1.82) is 0 Å². The minimum atomic E-state index is -2.06. The van der Waals surface area contributed by atoms with E-state index < -0.39 is 16.6 Å². The Bertz CT molecular complexity index is 760. The number of hydrogen-bond acceptors (Lipinski definition) is 4. The van der Waals surface area contributed by atoms with Crippen LogP contribution in [0.5, 0.6) is 5.75 Å². The van der Waals surface area contributed by atoms with E-state index in [-0.39, 0.29) is 35.2 Å². The fraction of sp³-hybridized carbons (Fsp3) is 0.733. The monoisotopic (exact) mass is 536 g/mol. The molecular formula is C30H56O4Si2. The molecule has 0 bridgehead atoms. The van der Waals surface area contributed by atoms with E-state index in [0.29, 0.717) is 6.61 Å². The third-order valence-electron chi connectivity index (χ3n) is 8.62. The SMILES string of the molecule is C=C[C@@H](C)[C@@H](O[Si](CC)(CC)CC)[C@H](C)[C@H](O[Si](C)(C)C(C)(C)C)[C@H](C)OCc1ccc(OC)cc1. The van der Waals surface area contributed by atoms with Crippen LogP contribution < -0.4 is 4.74 Å². The molecule has 1 aromatic rings. The zero-order chi connectivity index (χ0) is 27.7. The summed E-state index contributed by atoms with van der Waals surface area (Å²) in [6.45, 7) is 29.8. The van der Waals surface area contributed by atoms with Gasteiger partial charge in [0.05, 0.1) is 32.0 Å². The van der Waals surface area contributed by atoms with Crippen molar-refractivity contribution in [2.45, 2.75) is 123 Å². The zero-order valence-corrected chi connectivity index (χ0v) is 27.4. The van der Waals surface area contributed by atoms with Crippen LogP contribution in [0.25, 0.3) is 0 Å². The van der Waals surface area contributed by atoms with Gasteiger partial charge in [0.15, 0.2) is 16.6 Å². The Balaban J connectivity index is 3.31. The van der Waals surface area contributed by atoms with Gasteiger partial charge in [-0.3, -0.25) is 0 Å². The van der Waals surface area contributed by atoms with Gasteiger partial charge in [-0.2, -0.15) is 0 Å². The number of methoxy groups -OCH3 is 1. The molecule has 6 heteroatoms. The molecule has 5 atom stereocenters. The van der Waals surface area contributed by atoms with Gasteiger partial charge in [-0.25, -0.2) is 0 Å². The Morgan fingerprint density at radius 2 is 1.42 bits per heavy atom. The predicted molar refractivity (Wildman–Crippen MR) is 160 cm³/mol. The van der Waals surface area contributed by atoms with E-state index in [1.165, 1.54) is 0 Å². The molecule has 0 aliphatic heterocycles. The first kappa shape index (κ1) is 33.1. The van der Waals surface area contributed by atoms with Crippen LogP contribution in [0.15, 0.2) is 36.9 Å². The molecule has 208 valence electrons. The van der Waals surface area contributed by atoms with Crippen molar-refractivity contribution < 1.29 is 18.3 Å². The Morgan fingerprint density at radius 1 is 0.889 bits per heavy atom. The van der Waals surface area contributed by atoms with Crippen LogP contribution in [0.4, 0.5) is 0 Å². The van der Waals surface area contributed by atoms with E-state index in [2.05, 4.69) is 94.1 Å². The van der Waals surface area contributed by atoms with E-state index in [1.807, 2.05) is 18.2 Å². The first-order valence-electron chi connectivity index (χ1n) is 13.9. The van der Waals surface area contributed by atoms with Gasteiger partial charge in [0.25, 0.3) is 0 Å². The Kier molecular flexibility index (Phi) is 13.1. The molecule has 0 aliphatic carbocycles. The van der Waals surface area contributed by atoms with Crippen LogP contribution in [-0.2, 0) is 20.2 Å². The summed E-state index contributed by atoms with van der Waals surface area (Å²) in [6.07, 6.45) is 1.94. The molecule has 0 fully saturated rings. The lowest BCUT2D eigenvalue weighted by Gasteiger charge is -2.46. The highest BCUT2D eigenvalue weighted by atomic mass is 28.4. The largest absolute Gasteiger partial charge is 0.497 e. The molecule has 0 N–H and O–H groups in total. The molecule has 0 saturated heterocycles. The third kappa shape index (κ3) is 8.83. The minimum absolute atomic E-state index is 0.0517. The smallest absolute Gasteiger partial charge is 0.192 e. The molecular weight excluding hydrogens is 480 g/mol. The molecule has 0 saturated carbocycles. The maximum Gasteiger partial charge on any atom is 0.192 e. The quantitative estimate of drug-likeness (QED) is 0.156. The summed E-state index contributed by atoms with van der Waals surface area (Å²) in [7, 11) is -2.19. The average Bonchev–Trinajstić information content (AvgIpc) is 2.85. The molecule has 0 aromatic heterocycles. The lowest BCUT2D eigenvalue weighted by molar-refractivity contribution is -0.0767. The molecule has 1 aromatic carbocycles. The van der Waals surface area contributed by atoms with Crippen molar-refractivity contribution in [3.05, 3.63) is 42.5 Å². The van der Waals surface area contributed by atoms with Gasteiger partial charge in [0, 0.05) is 5.92 Å². The number of hydrogen-bond donors (Lipinski definition) is 0. The summed E-state index contributed by atoms with van der Waals surface area (Å²) in [5.41, 5.74) is 1.13. The van der Waals surface area contributed by atoms with Crippen molar-refractivity contribution in [2.75, 3.05) is 7.11 Å². The Hall–Kier alpha value is -0.926. The van der Waals surface area contributed by atoms with Crippen LogP contribution in [-0.4, -0.2) is 42.1 Å². The lowest BCUT2D eigenvalue weighted by atomic mass is 9.87. The second-order valence-electron chi connectivity index (χ2n) is 12.0. The van der Waals surface area contributed by atoms with Gasteiger partial charge in [-0.15, -0.1) is 6.58 Å². The summed E-state index contributed by atoms with van der Waals surface area (Å²) >= 11 is 0. The highest BCUT2D eigenvalue weighted by molar-refractivity contribution is 6.74. The molecule has 0 aliphatic rings. The summed E-state index contributed by atoms with van der Waals surface area (Å²) in [5.74, 6) is 1.25. The Labute approximate surface area is 225 Å². The lowest BCUT2D eigenvalue weighted by Crippen LogP contribution is -2.54. The van der Waals surface area contributed by atoms with Crippen LogP contribution in [0.1, 0.15) is 67.9 Å². The Morgan fingerprint density at radius 3 is 1.83 bits per heavy atom. The van der Waals surface area contributed by atoms with Crippen molar-refractivity contribution >= 4 is 16.6 Å². The van der Waals surface area contributed by atoms with Gasteiger partial charge >= 0.3 is 0 Å². The van der Waals surface area contributed by atoms with Crippen molar-refractivity contribution in [3.8, 4) is 5.75 Å². The van der Waals surface area contributed by atoms with Gasteiger partial charge in [0.2, 0.25) is 0 Å². The fourth-order valence-corrected chi connectivity index (χ4v) is 8.94. The normalized spacial score (nSPS) is 17.2. The maximum absolute atomic E-state index is 7.15. The van der Waals surface area contributed by atoms with Crippen LogP contribution in [0.2, 0.25) is 36.3 Å². The van der Waals surface area contributed by atoms with Crippen molar-refractivity contribution in [3.63, 3.8) is 0 Å². The second kappa shape index (κ2) is 14.3. The van der Waals surface area contributed by atoms with Gasteiger partial charge in [-0.1, -0.05) is 73.6 Å². The number of benzene rings is 1. The molecule has 4 nitrogen and oxygen atoms in total. The first-order chi connectivity index (χ1) is 16.7. The van der Waals surface area contributed by atoms with E-state index in [9.17, 15) is 0 Å². The van der Waals surface area contributed by atoms with E-state index >= 15 is 0 Å². The zero-order valence-electron chi connectivity index (χ0n) is 25.4. The van der Waals surface area contributed by atoms with Crippen LogP contribution >= 0.6 is 0 Å². The van der Waals surface area contributed by atoms with E-state index in [4.69, 9.17) is 18.3 Å². The second-order valence-corrected chi connectivity index (χ2v) is 21.5. The molecule has 0 radical (unpaired) electrons. The average molecular weight is 537 g/mol. The summed E-state index contributed by atoms with van der Waals surface area (Å²) in [6, 6.07) is 11.5. The van der Waals surface area contributed by atoms with Crippen LogP contribution in [0, 0.1) is 11.8 Å². The third-order valence-corrected chi connectivity index (χ3v) is 17.7.